The number of amides is 1. The average molecular weight is 448 g/mol. The van der Waals surface area contributed by atoms with E-state index in [1.165, 1.54) is 12.3 Å². The number of para-hydroxylation sites is 1. The van der Waals surface area contributed by atoms with Gasteiger partial charge in [-0.3, -0.25) is 25.0 Å². The van der Waals surface area contributed by atoms with E-state index in [-0.39, 0.29) is 11.3 Å². The van der Waals surface area contributed by atoms with E-state index in [9.17, 15) is 29.8 Å². The maximum atomic E-state index is 12.5. The summed E-state index contributed by atoms with van der Waals surface area (Å²) in [6.07, 6.45) is 1.26. The Morgan fingerprint density at radius 2 is 1.58 bits per heavy atom. The van der Waals surface area contributed by atoms with Crippen LogP contribution < -0.4 is 10.2 Å². The molecule has 0 unspecified atom stereocenters. The molecule has 11 heteroatoms. The monoisotopic (exact) mass is 448 g/mol. The van der Waals surface area contributed by atoms with Crippen molar-refractivity contribution in [2.45, 2.75) is 6.92 Å². The quantitative estimate of drug-likeness (QED) is 0.190. The molecule has 33 heavy (non-hydrogen) atoms. The number of nitrogens with zero attached hydrogens (tertiary/aromatic N) is 3. The molecule has 0 aliphatic rings. The normalized spacial score (nSPS) is 10.6. The van der Waals surface area contributed by atoms with E-state index in [4.69, 9.17) is 4.74 Å². The molecule has 0 radical (unpaired) electrons. The van der Waals surface area contributed by atoms with Crippen LogP contribution in [0.2, 0.25) is 0 Å². The third-order valence-electron chi connectivity index (χ3n) is 4.33. The Labute approximate surface area is 186 Å². The maximum absolute atomic E-state index is 12.5. The summed E-state index contributed by atoms with van der Waals surface area (Å²) in [4.78, 5) is 45.1. The number of carbonyl (C=O) groups is 2. The Morgan fingerprint density at radius 1 is 0.909 bits per heavy atom. The number of ether oxygens (including phenoxy) is 1. The van der Waals surface area contributed by atoms with Crippen molar-refractivity contribution in [3.63, 3.8) is 0 Å². The summed E-state index contributed by atoms with van der Waals surface area (Å²) in [5, 5.41) is 25.9. The first-order valence-electron chi connectivity index (χ1n) is 9.40. The first kappa shape index (κ1) is 22.7. The number of non-ortho nitro benzene ring substituents is 2. The zero-order valence-corrected chi connectivity index (χ0v) is 17.1. The molecule has 3 rings (SSSR count). The Bertz CT molecular complexity index is 1250. The maximum Gasteiger partial charge on any atom is 0.344 e. The second-order valence-corrected chi connectivity index (χ2v) is 6.75. The van der Waals surface area contributed by atoms with Crippen LogP contribution in [0.4, 0.5) is 11.4 Å². The van der Waals surface area contributed by atoms with Gasteiger partial charge >= 0.3 is 5.97 Å². The molecule has 1 N–H and O–H groups in total. The lowest BCUT2D eigenvalue weighted by atomic mass is 10.1. The fraction of sp³-hybridized carbons (Fsp3) is 0.0455. The molecule has 0 aliphatic carbocycles. The van der Waals surface area contributed by atoms with Gasteiger partial charge in [-0.05, 0) is 31.2 Å². The van der Waals surface area contributed by atoms with Gasteiger partial charge in [0.05, 0.1) is 27.7 Å². The van der Waals surface area contributed by atoms with Crippen molar-refractivity contribution in [2.24, 2.45) is 5.10 Å². The van der Waals surface area contributed by atoms with Crippen LogP contribution in [0.15, 0.2) is 71.8 Å². The standard InChI is InChI=1S/C22H16N4O7/c1-14-5-4-7-15(9-14)21(27)24-23-13-16-6-2-3-8-20(16)33-22(28)17-10-18(25(29)30)12-19(11-17)26(31)32/h2-13H,1H3,(H,24,27)/b23-13+. The van der Waals surface area contributed by atoms with Crippen LogP contribution in [-0.2, 0) is 0 Å². The molecule has 166 valence electrons. The molecule has 11 nitrogen and oxygen atoms in total. The van der Waals surface area contributed by atoms with E-state index < -0.39 is 33.1 Å². The highest BCUT2D eigenvalue weighted by atomic mass is 16.6. The van der Waals surface area contributed by atoms with Crippen LogP contribution in [0, 0.1) is 27.2 Å². The number of benzene rings is 3. The number of rotatable bonds is 7. The lowest BCUT2D eigenvalue weighted by molar-refractivity contribution is -0.394. The predicted octanol–water partition coefficient (Wildman–Crippen LogP) is 3.79. The number of nitro benzene ring substituents is 2. The van der Waals surface area contributed by atoms with E-state index in [1.54, 1.807) is 36.4 Å². The molecule has 0 heterocycles. The number of carbonyl (C=O) groups excluding carboxylic acids is 2. The molecule has 0 bridgehead atoms. The molecule has 0 saturated heterocycles. The number of nitro groups is 2. The van der Waals surface area contributed by atoms with Crippen LogP contribution >= 0.6 is 0 Å². The number of nitrogens with one attached hydrogen (secondary N) is 1. The van der Waals surface area contributed by atoms with Crippen molar-refractivity contribution in [1.82, 2.24) is 5.43 Å². The Balaban J connectivity index is 1.79. The fourth-order valence-corrected chi connectivity index (χ4v) is 2.77. The number of hydrogen-bond donors (Lipinski definition) is 1. The largest absolute Gasteiger partial charge is 0.422 e. The van der Waals surface area contributed by atoms with Gasteiger partial charge in [0.1, 0.15) is 5.75 Å². The van der Waals surface area contributed by atoms with Crippen LogP contribution in [0.3, 0.4) is 0 Å². The number of hydrogen-bond acceptors (Lipinski definition) is 8. The minimum Gasteiger partial charge on any atom is -0.422 e. The zero-order chi connectivity index (χ0) is 24.0. The first-order valence-corrected chi connectivity index (χ1v) is 9.40. The third kappa shape index (κ3) is 5.82. The highest BCUT2D eigenvalue weighted by Gasteiger charge is 2.21. The smallest absolute Gasteiger partial charge is 0.344 e. The van der Waals surface area contributed by atoms with Gasteiger partial charge in [-0.25, -0.2) is 10.2 Å². The molecule has 0 aliphatic heterocycles. The van der Waals surface area contributed by atoms with Gasteiger partial charge < -0.3 is 4.74 Å². The van der Waals surface area contributed by atoms with Crippen molar-refractivity contribution in [2.75, 3.05) is 0 Å². The van der Waals surface area contributed by atoms with E-state index in [2.05, 4.69) is 10.5 Å². The lowest BCUT2D eigenvalue weighted by Gasteiger charge is -2.07. The van der Waals surface area contributed by atoms with E-state index in [0.29, 0.717) is 11.1 Å². The van der Waals surface area contributed by atoms with Crippen molar-refractivity contribution < 1.29 is 24.2 Å². The van der Waals surface area contributed by atoms with Gasteiger partial charge in [-0.2, -0.15) is 5.10 Å². The predicted molar refractivity (Wildman–Crippen MR) is 117 cm³/mol. The van der Waals surface area contributed by atoms with Crippen LogP contribution in [-0.4, -0.2) is 27.9 Å². The second kappa shape index (κ2) is 9.92. The number of hydrazone groups is 1. The Hall–Kier alpha value is -4.93. The van der Waals surface area contributed by atoms with Crippen molar-refractivity contribution in [3.05, 3.63) is 109 Å². The molecule has 0 spiro atoms. The van der Waals surface area contributed by atoms with Crippen LogP contribution in [0.1, 0.15) is 31.8 Å². The highest BCUT2D eigenvalue weighted by molar-refractivity contribution is 5.96. The molecular weight excluding hydrogens is 432 g/mol. The summed E-state index contributed by atoms with van der Waals surface area (Å²) < 4.78 is 5.27. The van der Waals surface area contributed by atoms with Crippen molar-refractivity contribution >= 4 is 29.5 Å². The van der Waals surface area contributed by atoms with Crippen molar-refractivity contribution in [1.29, 1.82) is 0 Å². The summed E-state index contributed by atoms with van der Waals surface area (Å²) >= 11 is 0. The number of aryl methyl sites for hydroxylation is 1. The Kier molecular flexibility index (Phi) is 6.84. The SMILES string of the molecule is Cc1cccc(C(=O)N/N=C/c2ccccc2OC(=O)c2cc([N+](=O)[O-])cc([N+](=O)[O-])c2)c1. The molecule has 0 aromatic heterocycles. The first-order chi connectivity index (χ1) is 15.7. The van der Waals surface area contributed by atoms with Gasteiger partial charge in [-0.1, -0.05) is 29.8 Å². The van der Waals surface area contributed by atoms with Crippen molar-refractivity contribution in [3.8, 4) is 5.75 Å². The van der Waals surface area contributed by atoms with Gasteiger partial charge in [-0.15, -0.1) is 0 Å². The van der Waals surface area contributed by atoms with Gasteiger partial charge in [0.2, 0.25) is 0 Å². The van der Waals surface area contributed by atoms with Gasteiger partial charge in [0, 0.05) is 23.3 Å². The minimum absolute atomic E-state index is 0.0326. The van der Waals surface area contributed by atoms with Crippen LogP contribution in [0.5, 0.6) is 5.75 Å². The molecule has 3 aromatic rings. The zero-order valence-electron chi connectivity index (χ0n) is 17.1. The van der Waals surface area contributed by atoms with Gasteiger partial charge in [0.15, 0.2) is 0 Å². The Morgan fingerprint density at radius 3 is 2.21 bits per heavy atom. The lowest BCUT2D eigenvalue weighted by Crippen LogP contribution is -2.17. The molecule has 0 saturated carbocycles. The van der Waals surface area contributed by atoms with E-state index in [1.807, 2.05) is 13.0 Å². The fourth-order valence-electron chi connectivity index (χ4n) is 2.77. The second-order valence-electron chi connectivity index (χ2n) is 6.75. The molecular formula is C22H16N4O7. The summed E-state index contributed by atoms with van der Waals surface area (Å²) in [5.74, 6) is -1.44. The molecule has 0 atom stereocenters. The third-order valence-corrected chi connectivity index (χ3v) is 4.33. The van der Waals surface area contributed by atoms with E-state index >= 15 is 0 Å². The van der Waals surface area contributed by atoms with Gasteiger partial charge in [0.25, 0.3) is 17.3 Å². The summed E-state index contributed by atoms with van der Waals surface area (Å²) in [6, 6.07) is 15.6. The van der Waals surface area contributed by atoms with E-state index in [0.717, 1.165) is 23.8 Å². The highest BCUT2D eigenvalue weighted by Crippen LogP contribution is 2.24. The topological polar surface area (TPSA) is 154 Å². The average Bonchev–Trinajstić information content (AvgIpc) is 2.79. The molecule has 1 amide bonds. The summed E-state index contributed by atoms with van der Waals surface area (Å²) in [5.41, 5.74) is 2.40. The molecule has 0 fully saturated rings. The summed E-state index contributed by atoms with van der Waals surface area (Å²) in [6.45, 7) is 1.85. The summed E-state index contributed by atoms with van der Waals surface area (Å²) in [7, 11) is 0. The minimum atomic E-state index is -1.04. The van der Waals surface area contributed by atoms with Crippen LogP contribution in [0.25, 0.3) is 0 Å². The molecule has 3 aromatic carbocycles. The number of esters is 1.